The van der Waals surface area contributed by atoms with Crippen molar-refractivity contribution >= 4 is 11.6 Å². The van der Waals surface area contributed by atoms with E-state index in [2.05, 4.69) is 5.32 Å². The van der Waals surface area contributed by atoms with Gasteiger partial charge in [0.05, 0.1) is 6.54 Å². The van der Waals surface area contributed by atoms with Gasteiger partial charge in [-0.3, -0.25) is 9.69 Å². The molecule has 112 valence electrons. The summed E-state index contributed by atoms with van der Waals surface area (Å²) in [4.78, 5) is 14.0. The number of nitrogens with one attached hydrogen (secondary N) is 1. The lowest BCUT2D eigenvalue weighted by atomic mass is 10.1. The molecule has 0 aliphatic rings. The smallest absolute Gasteiger partial charge is 0.238 e. The molecule has 0 saturated heterocycles. The summed E-state index contributed by atoms with van der Waals surface area (Å²) < 4.78 is 0. The van der Waals surface area contributed by atoms with Gasteiger partial charge in [-0.15, -0.1) is 0 Å². The highest BCUT2D eigenvalue weighted by molar-refractivity contribution is 5.93. The summed E-state index contributed by atoms with van der Waals surface area (Å²) in [6, 6.07) is 5.93. The first-order valence-corrected chi connectivity index (χ1v) is 7.20. The number of likely N-dealkylation sites (N-methyl/N-ethyl adjacent to an activating group) is 1. The van der Waals surface area contributed by atoms with Gasteiger partial charge in [-0.25, -0.2) is 0 Å². The summed E-state index contributed by atoms with van der Waals surface area (Å²) in [6.45, 7) is 5.57. The van der Waals surface area contributed by atoms with Crippen molar-refractivity contribution in [1.29, 1.82) is 0 Å². The molecular weight excluding hydrogens is 252 g/mol. The minimum absolute atomic E-state index is 0.0170. The van der Waals surface area contributed by atoms with Crippen molar-refractivity contribution in [3.05, 3.63) is 29.3 Å². The molecule has 2 N–H and O–H groups in total. The Balaban J connectivity index is 2.37. The molecule has 0 aromatic heterocycles. The Labute approximate surface area is 121 Å². The van der Waals surface area contributed by atoms with Crippen LogP contribution in [0.1, 0.15) is 30.4 Å². The van der Waals surface area contributed by atoms with E-state index in [1.165, 1.54) is 5.56 Å². The first-order chi connectivity index (χ1) is 9.54. The molecule has 0 spiro atoms. The second kappa shape index (κ2) is 8.72. The fraction of sp³-hybridized carbons (Fsp3) is 0.562. The maximum Gasteiger partial charge on any atom is 0.238 e. The van der Waals surface area contributed by atoms with Crippen LogP contribution in [0.5, 0.6) is 0 Å². The standard InChI is InChI=1S/C16H26N2O2/c1-13-8-7-9-15(14(13)2)17-16(20)12-18(3)10-5-4-6-11-19/h7-9,19H,4-6,10-12H2,1-3H3,(H,17,20). The molecule has 0 unspecified atom stereocenters. The number of aryl methyl sites for hydroxylation is 1. The molecule has 4 heteroatoms. The van der Waals surface area contributed by atoms with Crippen LogP contribution in [0, 0.1) is 13.8 Å². The first-order valence-electron chi connectivity index (χ1n) is 7.20. The molecule has 1 rings (SSSR count). The number of anilines is 1. The van der Waals surface area contributed by atoms with Crippen LogP contribution in [-0.4, -0.2) is 42.7 Å². The normalized spacial score (nSPS) is 10.8. The molecule has 1 aromatic carbocycles. The van der Waals surface area contributed by atoms with E-state index in [4.69, 9.17) is 5.11 Å². The lowest BCUT2D eigenvalue weighted by Gasteiger charge is -2.17. The zero-order chi connectivity index (χ0) is 15.0. The number of carbonyl (C=O) groups excluding carboxylic acids is 1. The lowest BCUT2D eigenvalue weighted by Crippen LogP contribution is -2.31. The molecular formula is C16H26N2O2. The Morgan fingerprint density at radius 3 is 2.70 bits per heavy atom. The van der Waals surface area contributed by atoms with Gasteiger partial charge < -0.3 is 10.4 Å². The van der Waals surface area contributed by atoms with Gasteiger partial charge >= 0.3 is 0 Å². The summed E-state index contributed by atoms with van der Waals surface area (Å²) in [5.74, 6) is 0.0170. The first kappa shape index (κ1) is 16.7. The maximum atomic E-state index is 12.0. The summed E-state index contributed by atoms with van der Waals surface area (Å²) in [5, 5.41) is 11.7. The topological polar surface area (TPSA) is 52.6 Å². The monoisotopic (exact) mass is 278 g/mol. The van der Waals surface area contributed by atoms with E-state index in [0.717, 1.165) is 37.1 Å². The van der Waals surface area contributed by atoms with E-state index in [1.54, 1.807) is 0 Å². The van der Waals surface area contributed by atoms with E-state index in [9.17, 15) is 4.79 Å². The molecule has 1 amide bonds. The number of aliphatic hydroxyl groups is 1. The van der Waals surface area contributed by atoms with Crippen LogP contribution in [0.4, 0.5) is 5.69 Å². The Morgan fingerprint density at radius 2 is 2.00 bits per heavy atom. The van der Waals surface area contributed by atoms with Gasteiger partial charge in [-0.05, 0) is 63.9 Å². The second-order valence-corrected chi connectivity index (χ2v) is 5.32. The van der Waals surface area contributed by atoms with Gasteiger partial charge in [-0.1, -0.05) is 12.1 Å². The quantitative estimate of drug-likeness (QED) is 0.718. The van der Waals surface area contributed by atoms with E-state index in [1.807, 2.05) is 44.0 Å². The van der Waals surface area contributed by atoms with Crippen molar-refractivity contribution < 1.29 is 9.90 Å². The molecule has 0 radical (unpaired) electrons. The Hall–Kier alpha value is -1.39. The zero-order valence-electron chi connectivity index (χ0n) is 12.8. The maximum absolute atomic E-state index is 12.0. The summed E-state index contributed by atoms with van der Waals surface area (Å²) >= 11 is 0. The van der Waals surface area contributed by atoms with Crippen LogP contribution < -0.4 is 5.32 Å². The van der Waals surface area contributed by atoms with Gasteiger partial charge in [0, 0.05) is 12.3 Å². The third-order valence-electron chi connectivity index (χ3n) is 3.49. The molecule has 0 saturated carbocycles. The number of benzene rings is 1. The van der Waals surface area contributed by atoms with Crippen LogP contribution in [0.2, 0.25) is 0 Å². The highest BCUT2D eigenvalue weighted by Gasteiger charge is 2.08. The average Bonchev–Trinajstić information content (AvgIpc) is 2.40. The predicted octanol–water partition coefficient (Wildman–Crippen LogP) is 2.34. The van der Waals surface area contributed by atoms with E-state index in [-0.39, 0.29) is 12.5 Å². The minimum atomic E-state index is 0.0170. The highest BCUT2D eigenvalue weighted by Crippen LogP contribution is 2.17. The van der Waals surface area contributed by atoms with Crippen LogP contribution in [0.25, 0.3) is 0 Å². The molecule has 20 heavy (non-hydrogen) atoms. The lowest BCUT2D eigenvalue weighted by molar-refractivity contribution is -0.117. The number of aliphatic hydroxyl groups excluding tert-OH is 1. The Bertz CT molecular complexity index is 432. The number of hydrogen-bond donors (Lipinski definition) is 2. The molecule has 0 aliphatic carbocycles. The highest BCUT2D eigenvalue weighted by atomic mass is 16.2. The number of amides is 1. The van der Waals surface area contributed by atoms with Gasteiger partial charge in [0.2, 0.25) is 5.91 Å². The molecule has 4 nitrogen and oxygen atoms in total. The number of rotatable bonds is 8. The van der Waals surface area contributed by atoms with Crippen molar-refractivity contribution in [2.24, 2.45) is 0 Å². The second-order valence-electron chi connectivity index (χ2n) is 5.32. The number of unbranched alkanes of at least 4 members (excludes halogenated alkanes) is 2. The van der Waals surface area contributed by atoms with Crippen molar-refractivity contribution in [2.75, 3.05) is 32.1 Å². The molecule has 0 fully saturated rings. The van der Waals surface area contributed by atoms with Crippen LogP contribution in [0.15, 0.2) is 18.2 Å². The van der Waals surface area contributed by atoms with Crippen molar-refractivity contribution in [1.82, 2.24) is 4.90 Å². The third kappa shape index (κ3) is 5.72. The SMILES string of the molecule is Cc1cccc(NC(=O)CN(C)CCCCCO)c1C. The Kier molecular flexibility index (Phi) is 7.26. The molecule has 0 heterocycles. The fourth-order valence-electron chi connectivity index (χ4n) is 2.07. The van der Waals surface area contributed by atoms with Gasteiger partial charge in [0.1, 0.15) is 0 Å². The molecule has 1 aromatic rings. The van der Waals surface area contributed by atoms with Gasteiger partial charge in [0.25, 0.3) is 0 Å². The van der Waals surface area contributed by atoms with E-state index >= 15 is 0 Å². The van der Waals surface area contributed by atoms with E-state index in [0.29, 0.717) is 6.54 Å². The Morgan fingerprint density at radius 1 is 1.25 bits per heavy atom. The van der Waals surface area contributed by atoms with Crippen LogP contribution in [0.3, 0.4) is 0 Å². The number of hydrogen-bond acceptors (Lipinski definition) is 3. The van der Waals surface area contributed by atoms with Crippen molar-refractivity contribution in [2.45, 2.75) is 33.1 Å². The fourth-order valence-corrected chi connectivity index (χ4v) is 2.07. The number of carbonyl (C=O) groups is 1. The molecule has 0 atom stereocenters. The predicted molar refractivity (Wildman–Crippen MR) is 83.0 cm³/mol. The summed E-state index contributed by atoms with van der Waals surface area (Å²) in [5.41, 5.74) is 3.19. The minimum Gasteiger partial charge on any atom is -0.396 e. The van der Waals surface area contributed by atoms with Crippen molar-refractivity contribution in [3.8, 4) is 0 Å². The van der Waals surface area contributed by atoms with E-state index < -0.39 is 0 Å². The van der Waals surface area contributed by atoms with Crippen molar-refractivity contribution in [3.63, 3.8) is 0 Å². The van der Waals surface area contributed by atoms with Gasteiger partial charge in [0.15, 0.2) is 0 Å². The summed E-state index contributed by atoms with van der Waals surface area (Å²) in [7, 11) is 1.95. The zero-order valence-corrected chi connectivity index (χ0v) is 12.8. The molecule has 0 bridgehead atoms. The largest absolute Gasteiger partial charge is 0.396 e. The molecule has 0 aliphatic heterocycles. The summed E-state index contributed by atoms with van der Waals surface area (Å²) in [6.07, 6.45) is 2.84. The average molecular weight is 278 g/mol. The third-order valence-corrected chi connectivity index (χ3v) is 3.49. The van der Waals surface area contributed by atoms with Gasteiger partial charge in [-0.2, -0.15) is 0 Å². The number of nitrogens with zero attached hydrogens (tertiary/aromatic N) is 1. The van der Waals surface area contributed by atoms with Crippen LogP contribution in [-0.2, 0) is 4.79 Å². The van der Waals surface area contributed by atoms with Crippen LogP contribution >= 0.6 is 0 Å².